The van der Waals surface area contributed by atoms with Gasteiger partial charge in [0.25, 0.3) is 5.91 Å². The molecule has 1 saturated carbocycles. The number of amides is 1. The van der Waals surface area contributed by atoms with Crippen LogP contribution >= 0.6 is 0 Å². The number of hydrazine groups is 1. The summed E-state index contributed by atoms with van der Waals surface area (Å²) in [6, 6.07) is 4.00. The zero-order valence-electron chi connectivity index (χ0n) is 11.7. The van der Waals surface area contributed by atoms with E-state index in [4.69, 9.17) is 5.84 Å². The summed E-state index contributed by atoms with van der Waals surface area (Å²) in [6.07, 6.45) is 9.05. The van der Waals surface area contributed by atoms with E-state index >= 15 is 0 Å². The molecule has 0 bridgehead atoms. The summed E-state index contributed by atoms with van der Waals surface area (Å²) in [7, 11) is 0. The second-order valence-corrected chi connectivity index (χ2v) is 5.80. The van der Waals surface area contributed by atoms with Crippen molar-refractivity contribution in [1.82, 2.24) is 9.88 Å². The average Bonchev–Trinajstić information content (AvgIpc) is 3.16. The smallest absolute Gasteiger partial charge is 0.257 e. The number of nitrogen functional groups attached to an aromatic ring is 1. The minimum Gasteiger partial charge on any atom is -0.335 e. The number of aromatic nitrogens is 1. The zero-order valence-corrected chi connectivity index (χ0v) is 11.7. The van der Waals surface area contributed by atoms with Crippen LogP contribution in [0.1, 0.15) is 48.9 Å². The Kier molecular flexibility index (Phi) is 3.87. The van der Waals surface area contributed by atoms with E-state index in [0.717, 1.165) is 19.4 Å². The number of nitrogens with zero attached hydrogens (tertiary/aromatic N) is 2. The quantitative estimate of drug-likeness (QED) is 0.654. The van der Waals surface area contributed by atoms with Gasteiger partial charge in [-0.3, -0.25) is 4.79 Å². The Labute approximate surface area is 119 Å². The van der Waals surface area contributed by atoms with Gasteiger partial charge < -0.3 is 10.3 Å². The fourth-order valence-electron chi connectivity index (χ4n) is 3.72. The summed E-state index contributed by atoms with van der Waals surface area (Å²) < 4.78 is 0. The summed E-state index contributed by atoms with van der Waals surface area (Å²) >= 11 is 0. The molecule has 108 valence electrons. The van der Waals surface area contributed by atoms with Crippen molar-refractivity contribution in [2.24, 2.45) is 11.8 Å². The van der Waals surface area contributed by atoms with Gasteiger partial charge in [0.1, 0.15) is 0 Å². The fraction of sp³-hybridized carbons (Fsp3) is 0.600. The standard InChI is InChI=1S/C15H22N4O/c16-18-14-12(7-3-9-17-14)15(20)19-10-4-8-13(19)11-5-1-2-6-11/h3,7,9,11,13H,1-2,4-6,8,10,16H2,(H,17,18). The molecule has 1 unspecified atom stereocenters. The average molecular weight is 274 g/mol. The fourth-order valence-corrected chi connectivity index (χ4v) is 3.72. The molecule has 0 spiro atoms. The van der Waals surface area contributed by atoms with Gasteiger partial charge in [-0.15, -0.1) is 0 Å². The van der Waals surface area contributed by atoms with E-state index in [-0.39, 0.29) is 5.91 Å². The maximum Gasteiger partial charge on any atom is 0.257 e. The van der Waals surface area contributed by atoms with Gasteiger partial charge in [-0.2, -0.15) is 0 Å². The van der Waals surface area contributed by atoms with Gasteiger partial charge in [0.05, 0.1) is 5.56 Å². The number of nitrogens with one attached hydrogen (secondary N) is 1. The van der Waals surface area contributed by atoms with Gasteiger partial charge in [0.15, 0.2) is 5.82 Å². The van der Waals surface area contributed by atoms with Gasteiger partial charge in [-0.1, -0.05) is 12.8 Å². The molecular formula is C15H22N4O. The molecule has 1 amide bonds. The summed E-state index contributed by atoms with van der Waals surface area (Å²) in [5, 5.41) is 0. The summed E-state index contributed by atoms with van der Waals surface area (Å²) in [5.41, 5.74) is 3.11. The first kappa shape index (κ1) is 13.4. The summed E-state index contributed by atoms with van der Waals surface area (Å²) in [5.74, 6) is 6.69. The number of hydrogen-bond donors (Lipinski definition) is 2. The summed E-state index contributed by atoms with van der Waals surface area (Å²) in [6.45, 7) is 0.860. The molecule has 3 rings (SSSR count). The predicted octanol–water partition coefficient (Wildman–Crippen LogP) is 2.16. The lowest BCUT2D eigenvalue weighted by Gasteiger charge is -2.29. The van der Waals surface area contributed by atoms with E-state index in [1.165, 1.54) is 25.7 Å². The van der Waals surface area contributed by atoms with Crippen LogP contribution in [0.4, 0.5) is 5.82 Å². The van der Waals surface area contributed by atoms with Crippen LogP contribution in [0.3, 0.4) is 0 Å². The van der Waals surface area contributed by atoms with Crippen LogP contribution in [-0.4, -0.2) is 28.4 Å². The van der Waals surface area contributed by atoms with Gasteiger partial charge in [-0.05, 0) is 43.7 Å². The minimum absolute atomic E-state index is 0.0699. The van der Waals surface area contributed by atoms with E-state index in [9.17, 15) is 4.79 Å². The molecule has 2 heterocycles. The molecule has 2 fully saturated rings. The van der Waals surface area contributed by atoms with Crippen molar-refractivity contribution in [3.05, 3.63) is 23.9 Å². The van der Waals surface area contributed by atoms with Crippen LogP contribution in [0.25, 0.3) is 0 Å². The molecule has 0 aromatic carbocycles. The monoisotopic (exact) mass is 274 g/mol. The van der Waals surface area contributed by atoms with Crippen LogP contribution in [0.15, 0.2) is 18.3 Å². The molecule has 3 N–H and O–H groups in total. The molecule has 0 radical (unpaired) electrons. The lowest BCUT2D eigenvalue weighted by Crippen LogP contribution is -2.39. The van der Waals surface area contributed by atoms with Crippen LogP contribution < -0.4 is 11.3 Å². The number of pyridine rings is 1. The maximum absolute atomic E-state index is 12.8. The van der Waals surface area contributed by atoms with Crippen molar-refractivity contribution in [3.8, 4) is 0 Å². The topological polar surface area (TPSA) is 71.2 Å². The van der Waals surface area contributed by atoms with Crippen molar-refractivity contribution in [3.63, 3.8) is 0 Å². The number of nitrogens with two attached hydrogens (primary N) is 1. The highest BCUT2D eigenvalue weighted by Crippen LogP contribution is 2.36. The Bertz CT molecular complexity index is 485. The molecule has 1 aromatic rings. The Morgan fingerprint density at radius 3 is 2.85 bits per heavy atom. The Hall–Kier alpha value is -1.62. The molecule has 2 aliphatic rings. The van der Waals surface area contributed by atoms with Gasteiger partial charge >= 0.3 is 0 Å². The van der Waals surface area contributed by atoms with Crippen LogP contribution in [0.5, 0.6) is 0 Å². The molecule has 5 heteroatoms. The highest BCUT2D eigenvalue weighted by molar-refractivity contribution is 5.99. The van der Waals surface area contributed by atoms with E-state index in [1.807, 2.05) is 4.90 Å². The molecule has 1 atom stereocenters. The molecule has 1 aliphatic carbocycles. The number of carbonyl (C=O) groups is 1. The number of carbonyl (C=O) groups excluding carboxylic acids is 1. The Morgan fingerprint density at radius 2 is 2.10 bits per heavy atom. The van der Waals surface area contributed by atoms with Gasteiger partial charge in [-0.25, -0.2) is 10.8 Å². The number of hydrogen-bond acceptors (Lipinski definition) is 4. The molecule has 1 aromatic heterocycles. The minimum atomic E-state index is 0.0699. The number of likely N-dealkylation sites (tertiary alicyclic amines) is 1. The highest BCUT2D eigenvalue weighted by atomic mass is 16.2. The third-order valence-electron chi connectivity index (χ3n) is 4.68. The van der Waals surface area contributed by atoms with Crippen LogP contribution in [0, 0.1) is 5.92 Å². The maximum atomic E-state index is 12.8. The Balaban J connectivity index is 1.81. The number of anilines is 1. The third kappa shape index (κ3) is 2.38. The van der Waals surface area contributed by atoms with E-state index in [1.54, 1.807) is 18.3 Å². The van der Waals surface area contributed by atoms with E-state index < -0.39 is 0 Å². The third-order valence-corrected chi connectivity index (χ3v) is 4.68. The molecule has 5 nitrogen and oxygen atoms in total. The predicted molar refractivity (Wildman–Crippen MR) is 78.1 cm³/mol. The van der Waals surface area contributed by atoms with Crippen molar-refractivity contribution in [1.29, 1.82) is 0 Å². The lowest BCUT2D eigenvalue weighted by molar-refractivity contribution is 0.0689. The normalized spacial score (nSPS) is 23.2. The van der Waals surface area contributed by atoms with Crippen molar-refractivity contribution >= 4 is 11.7 Å². The lowest BCUT2D eigenvalue weighted by atomic mass is 9.95. The summed E-state index contributed by atoms with van der Waals surface area (Å²) in [4.78, 5) is 19.0. The molecule has 20 heavy (non-hydrogen) atoms. The second kappa shape index (κ2) is 5.79. The largest absolute Gasteiger partial charge is 0.335 e. The Morgan fingerprint density at radius 1 is 1.30 bits per heavy atom. The van der Waals surface area contributed by atoms with Gasteiger partial charge in [0, 0.05) is 18.8 Å². The highest BCUT2D eigenvalue weighted by Gasteiger charge is 2.36. The van der Waals surface area contributed by atoms with E-state index in [2.05, 4.69) is 10.4 Å². The number of rotatable bonds is 3. The van der Waals surface area contributed by atoms with E-state index in [0.29, 0.717) is 23.3 Å². The molecule has 1 aliphatic heterocycles. The van der Waals surface area contributed by atoms with Crippen LogP contribution in [-0.2, 0) is 0 Å². The molecular weight excluding hydrogens is 252 g/mol. The first-order valence-corrected chi connectivity index (χ1v) is 7.54. The zero-order chi connectivity index (χ0) is 13.9. The SMILES string of the molecule is NNc1ncccc1C(=O)N1CCCC1C1CCCC1. The van der Waals surface area contributed by atoms with Crippen molar-refractivity contribution < 1.29 is 4.79 Å². The second-order valence-electron chi connectivity index (χ2n) is 5.80. The van der Waals surface area contributed by atoms with Crippen molar-refractivity contribution in [2.45, 2.75) is 44.6 Å². The van der Waals surface area contributed by atoms with Gasteiger partial charge in [0.2, 0.25) is 0 Å². The first-order chi connectivity index (χ1) is 9.81. The first-order valence-electron chi connectivity index (χ1n) is 7.54. The van der Waals surface area contributed by atoms with Crippen LogP contribution in [0.2, 0.25) is 0 Å². The van der Waals surface area contributed by atoms with Crippen molar-refractivity contribution in [2.75, 3.05) is 12.0 Å². The molecule has 1 saturated heterocycles.